The van der Waals surface area contributed by atoms with E-state index in [2.05, 4.69) is 61.8 Å². The molecule has 3 aliphatic heterocycles. The summed E-state index contributed by atoms with van der Waals surface area (Å²) in [5.74, 6) is -3.04. The number of aromatic hydroxyl groups is 3. The van der Waals surface area contributed by atoms with Gasteiger partial charge in [0.15, 0.2) is 23.3 Å². The SMILES string of the molecule is C=C(F)C(=O)N1CCN(c2nc(OC)nc3c(F)c(-c4cc(O)cc5ccccc45)c(Cl)cc23)C[C@@H]1CC#N.C=CC(=O)N1CCN(c2nc(C)nc3c(F)c(-c4cc(O)cc5ccccc45)c(Cl)cc23)C[C@@H]1CC#N.C=CC(=O)N1CCN(c2nc(OC)nc3c(F)c(-c4cc(O)cc5ccccc45)c(Cl)cc23)C[C@@H]1CC#N. The van der Waals surface area contributed by atoms with Gasteiger partial charge < -0.3 is 54.2 Å². The molecule has 3 saturated heterocycles. The first-order valence-electron chi connectivity index (χ1n) is 35.6. The Morgan fingerprint density at radius 1 is 0.482 bits per heavy atom. The summed E-state index contributed by atoms with van der Waals surface area (Å²) in [6, 6.07) is 40.6. The van der Waals surface area contributed by atoms with Gasteiger partial charge in [-0.05, 0) is 123 Å². The molecule has 0 unspecified atom stereocenters. The fourth-order valence-corrected chi connectivity index (χ4v) is 15.9. The summed E-state index contributed by atoms with van der Waals surface area (Å²) in [5, 5.41) is 64.7. The molecule has 0 saturated carbocycles. The summed E-state index contributed by atoms with van der Waals surface area (Å²) in [4.78, 5) is 73.5. The molecule has 3 aliphatic rings. The molecule has 3 aromatic heterocycles. The normalized spacial score (nSPS) is 15.5. The van der Waals surface area contributed by atoms with Crippen molar-refractivity contribution in [2.75, 3.05) is 87.8 Å². The molecular formula is C84H68Cl3F4N15O8. The number of benzene rings is 9. The molecule has 9 aromatic carbocycles. The maximum absolute atomic E-state index is 16.3. The van der Waals surface area contributed by atoms with Crippen molar-refractivity contribution in [3.8, 4) is 80.9 Å². The number of phenols is 3. The predicted octanol–water partition coefficient (Wildman–Crippen LogP) is 15.8. The number of methoxy groups -OCH3 is 2. The average Bonchev–Trinajstić information content (AvgIpc) is 0.751. The Hall–Kier alpha value is -13.1. The first kappa shape index (κ1) is 79.0. The van der Waals surface area contributed by atoms with Crippen molar-refractivity contribution >= 4 is 135 Å². The highest BCUT2D eigenvalue weighted by Gasteiger charge is 2.37. The second kappa shape index (κ2) is 33.4. The molecule has 0 radical (unpaired) electrons. The quantitative estimate of drug-likeness (QED) is 0.0673. The number of halogens is 7. The van der Waals surface area contributed by atoms with Crippen LogP contribution in [0.4, 0.5) is 35.0 Å². The Bertz CT molecular complexity index is 6100. The zero-order valence-corrected chi connectivity index (χ0v) is 63.6. The monoisotopic (exact) mass is 1600 g/mol. The Kier molecular flexibility index (Phi) is 23.2. The van der Waals surface area contributed by atoms with Gasteiger partial charge in [0.05, 0.1) is 84.9 Å². The number of carbonyl (C=O) groups is 3. The number of piperazine rings is 3. The van der Waals surface area contributed by atoms with E-state index in [1.807, 2.05) is 70.5 Å². The van der Waals surface area contributed by atoms with Crippen LogP contribution in [0, 0.1) is 58.4 Å². The Labute approximate surface area is 664 Å². The molecule has 12 aromatic rings. The number of nitriles is 3. The van der Waals surface area contributed by atoms with Crippen LogP contribution in [0.1, 0.15) is 25.1 Å². The number of amides is 3. The minimum atomic E-state index is -1.11. The summed E-state index contributed by atoms with van der Waals surface area (Å²) < 4.78 is 73.1. The van der Waals surface area contributed by atoms with E-state index in [1.165, 1.54) is 49.5 Å². The lowest BCUT2D eigenvalue weighted by atomic mass is 9.96. The number of phenolic OH excluding ortho intramolecular Hbond substituents is 3. The number of anilines is 3. The second-order valence-electron chi connectivity index (χ2n) is 26.9. The van der Waals surface area contributed by atoms with Gasteiger partial charge in [-0.25, -0.2) is 27.5 Å². The number of hydrogen-bond donors (Lipinski definition) is 3. The molecule has 0 bridgehead atoms. The summed E-state index contributed by atoms with van der Waals surface area (Å²) >= 11 is 20.1. The van der Waals surface area contributed by atoms with Gasteiger partial charge in [0.1, 0.15) is 57.1 Å². The van der Waals surface area contributed by atoms with E-state index < -0.39 is 41.3 Å². The number of ether oxygens (including phenoxy) is 2. The van der Waals surface area contributed by atoms with E-state index in [-0.39, 0.29) is 140 Å². The highest BCUT2D eigenvalue weighted by molar-refractivity contribution is 6.36. The average molecular weight is 1600 g/mol. The fourth-order valence-electron chi connectivity index (χ4n) is 15.0. The van der Waals surface area contributed by atoms with E-state index in [0.29, 0.717) is 106 Å². The van der Waals surface area contributed by atoms with Crippen LogP contribution in [-0.4, -0.2) is 169 Å². The van der Waals surface area contributed by atoms with E-state index in [9.17, 15) is 49.9 Å². The van der Waals surface area contributed by atoms with Gasteiger partial charge >= 0.3 is 12.0 Å². The van der Waals surface area contributed by atoms with Crippen molar-refractivity contribution in [2.24, 2.45) is 0 Å². The van der Waals surface area contributed by atoms with Crippen LogP contribution in [-0.2, 0) is 14.4 Å². The summed E-state index contributed by atoms with van der Waals surface area (Å²) in [5.41, 5.74) is 1.63. The van der Waals surface area contributed by atoms with Gasteiger partial charge in [-0.1, -0.05) is 127 Å². The third kappa shape index (κ3) is 15.4. The van der Waals surface area contributed by atoms with E-state index in [1.54, 1.807) is 76.2 Å². The second-order valence-corrected chi connectivity index (χ2v) is 28.1. The van der Waals surface area contributed by atoms with Crippen LogP contribution in [0.2, 0.25) is 15.1 Å². The Morgan fingerprint density at radius 3 is 1.12 bits per heavy atom. The van der Waals surface area contributed by atoms with E-state index in [4.69, 9.17) is 44.3 Å². The third-order valence-corrected chi connectivity index (χ3v) is 21.0. The number of fused-ring (bicyclic) bond motifs is 6. The van der Waals surface area contributed by atoms with Crippen molar-refractivity contribution < 1.29 is 56.7 Å². The Balaban J connectivity index is 0.000000149. The lowest BCUT2D eigenvalue weighted by molar-refractivity contribution is -0.131. The molecule has 6 heterocycles. The van der Waals surface area contributed by atoms with Crippen LogP contribution >= 0.6 is 34.8 Å². The molecule has 114 heavy (non-hydrogen) atoms. The molecule has 30 heteroatoms. The first-order valence-corrected chi connectivity index (χ1v) is 36.7. The standard InChI is InChI=1S/C28H22ClF2N5O3.C28H23ClFN5O3.C28H23ClFN5O2/c1-15(30)27(38)36-10-9-35(14-17(36)7-8-32)26-21-13-22(29)23(24(31)25(21)33-28(34-26)39-2)20-12-18(37)11-16-5-3-4-6-19(16)20;1-3-23(37)35-11-10-34(15-17(35)8-9-31)27-21-14-22(29)24(25(30)26(21)32-28(33-27)38-2)20-13-18(36)12-16-6-4-5-7-19(16)20;1-3-24(37)35-11-10-34(15-18(35)8-9-31)28-22-14-23(29)25(26(30)27(22)32-16(2)33-28)21-13-19(36)12-17-6-4-5-7-20(17)21/h3-6,11-13,17,37H,1,7,9-10,14H2,2H3;3-7,12-14,17,36H,1,8,10-11,15H2,2H3;3-7,12-14,18,36H,1,8,10-11,15H2,2H3/t2*17-;18-/m000/s1. The van der Waals surface area contributed by atoms with Gasteiger partial charge in [-0.3, -0.25) is 14.4 Å². The topological polar surface area (TPSA) is 299 Å². The Morgan fingerprint density at radius 2 is 0.798 bits per heavy atom. The molecule has 0 spiro atoms. The molecule has 15 rings (SSSR count). The van der Waals surface area contributed by atoms with Crippen LogP contribution in [0.3, 0.4) is 0 Å². The van der Waals surface area contributed by atoms with E-state index >= 15 is 13.2 Å². The van der Waals surface area contributed by atoms with Crippen LogP contribution in [0.5, 0.6) is 29.3 Å². The van der Waals surface area contributed by atoms with Crippen molar-refractivity contribution in [2.45, 2.75) is 44.3 Å². The minimum Gasteiger partial charge on any atom is -0.508 e. The smallest absolute Gasteiger partial charge is 0.318 e. The number of hydrogen-bond acceptors (Lipinski definition) is 20. The molecule has 3 amide bonds. The van der Waals surface area contributed by atoms with Gasteiger partial charge in [0, 0.05) is 91.8 Å². The van der Waals surface area contributed by atoms with Crippen molar-refractivity contribution in [1.29, 1.82) is 15.8 Å². The number of aryl methyl sites for hydroxylation is 1. The lowest BCUT2D eigenvalue weighted by Crippen LogP contribution is -2.55. The minimum absolute atomic E-state index is 0.0000969. The van der Waals surface area contributed by atoms with Crippen LogP contribution in [0.25, 0.3) is 98.4 Å². The largest absolute Gasteiger partial charge is 0.508 e. The molecule has 3 N–H and O–H groups in total. The highest BCUT2D eigenvalue weighted by Crippen LogP contribution is 2.47. The summed E-state index contributed by atoms with van der Waals surface area (Å²) in [7, 11) is 2.74. The third-order valence-electron chi connectivity index (χ3n) is 20.1. The predicted molar refractivity (Wildman–Crippen MR) is 430 cm³/mol. The zero-order chi connectivity index (χ0) is 81.1. The van der Waals surface area contributed by atoms with Gasteiger partial charge in [0.25, 0.3) is 5.91 Å². The number of carbonyl (C=O) groups excluding carboxylic acids is 3. The van der Waals surface area contributed by atoms with Crippen LogP contribution < -0.4 is 24.2 Å². The summed E-state index contributed by atoms with van der Waals surface area (Å²) in [6.45, 7) is 14.5. The van der Waals surface area contributed by atoms with Gasteiger partial charge in [-0.2, -0.15) is 35.7 Å². The number of nitrogens with zero attached hydrogens (tertiary/aromatic N) is 15. The first-order chi connectivity index (χ1) is 54.9. The number of rotatable bonds is 14. The van der Waals surface area contributed by atoms with Crippen molar-refractivity contribution in [3.05, 3.63) is 203 Å². The molecule has 3 atom stereocenters. The zero-order valence-electron chi connectivity index (χ0n) is 61.4. The maximum atomic E-state index is 16.3. The highest BCUT2D eigenvalue weighted by atomic mass is 35.5. The summed E-state index contributed by atoms with van der Waals surface area (Å²) in [6.07, 6.45) is 2.67. The van der Waals surface area contributed by atoms with E-state index in [0.717, 1.165) is 16.2 Å². The van der Waals surface area contributed by atoms with Crippen molar-refractivity contribution in [1.82, 2.24) is 44.6 Å². The van der Waals surface area contributed by atoms with Gasteiger partial charge in [-0.15, -0.1) is 0 Å². The molecular weight excluding hydrogens is 1530 g/mol. The molecule has 3 fully saturated rings. The maximum Gasteiger partial charge on any atom is 0.318 e. The van der Waals surface area contributed by atoms with Crippen LogP contribution in [0.15, 0.2) is 165 Å². The lowest BCUT2D eigenvalue weighted by Gasteiger charge is -2.41. The number of aromatic nitrogens is 6. The molecule has 23 nitrogen and oxygen atoms in total. The van der Waals surface area contributed by atoms with Crippen molar-refractivity contribution in [3.63, 3.8) is 0 Å². The van der Waals surface area contributed by atoms with Gasteiger partial charge in [0.2, 0.25) is 11.8 Å². The fraction of sp³-hybridized carbons (Fsp3) is 0.214. The molecule has 0 aliphatic carbocycles. The molecule has 576 valence electrons.